The molecule has 0 heterocycles. The highest BCUT2D eigenvalue weighted by molar-refractivity contribution is 5.36. The summed E-state index contributed by atoms with van der Waals surface area (Å²) in [6.45, 7) is 6.70. The van der Waals surface area contributed by atoms with Crippen LogP contribution in [0.25, 0.3) is 0 Å². The second kappa shape index (κ2) is 5.00. The molecule has 1 atom stereocenters. The number of nitrogens with two attached hydrogens (primary N) is 1. The zero-order valence-corrected chi connectivity index (χ0v) is 10.0. The third kappa shape index (κ3) is 3.25. The third-order valence-corrected chi connectivity index (χ3v) is 2.42. The minimum atomic E-state index is -0.0542. The first-order chi connectivity index (χ1) is 7.47. The lowest BCUT2D eigenvalue weighted by atomic mass is 9.89. The van der Waals surface area contributed by atoms with Crippen molar-refractivity contribution in [1.29, 1.82) is 5.26 Å². The zero-order valence-electron chi connectivity index (χ0n) is 10.0. The highest BCUT2D eigenvalue weighted by Gasteiger charge is 2.25. The molecule has 1 aromatic carbocycles. The topological polar surface area (TPSA) is 59.0 Å². The van der Waals surface area contributed by atoms with Gasteiger partial charge in [0.2, 0.25) is 0 Å². The molecular weight excluding hydrogens is 200 g/mol. The van der Waals surface area contributed by atoms with E-state index >= 15 is 0 Å². The van der Waals surface area contributed by atoms with Gasteiger partial charge in [0.25, 0.3) is 0 Å². The second-order valence-electron chi connectivity index (χ2n) is 4.85. The fourth-order valence-electron chi connectivity index (χ4n) is 1.38. The largest absolute Gasteiger partial charge is 0.489 e. The number of ether oxygens (including phenoxy) is 1. The van der Waals surface area contributed by atoms with Gasteiger partial charge in [0.1, 0.15) is 11.9 Å². The quantitative estimate of drug-likeness (QED) is 0.847. The molecule has 0 fully saturated rings. The Labute approximate surface area is 96.8 Å². The van der Waals surface area contributed by atoms with Gasteiger partial charge in [0.15, 0.2) is 0 Å². The molecular formula is C13H18N2O. The average Bonchev–Trinajstić information content (AvgIpc) is 2.24. The van der Waals surface area contributed by atoms with Crippen molar-refractivity contribution in [3.63, 3.8) is 0 Å². The molecule has 3 nitrogen and oxygen atoms in total. The van der Waals surface area contributed by atoms with E-state index in [4.69, 9.17) is 15.7 Å². The van der Waals surface area contributed by atoms with Crippen LogP contribution in [0.5, 0.6) is 5.75 Å². The summed E-state index contributed by atoms with van der Waals surface area (Å²) in [5.41, 5.74) is 6.27. The summed E-state index contributed by atoms with van der Waals surface area (Å²) in [6.07, 6.45) is -0.0542. The molecule has 0 saturated carbocycles. The van der Waals surface area contributed by atoms with E-state index in [1.54, 1.807) is 12.1 Å². The molecule has 0 spiro atoms. The molecule has 1 rings (SSSR count). The molecule has 2 N–H and O–H groups in total. The molecule has 1 unspecified atom stereocenters. The summed E-state index contributed by atoms with van der Waals surface area (Å²) in [5.74, 6) is 0.699. The Morgan fingerprint density at radius 1 is 1.44 bits per heavy atom. The zero-order chi connectivity index (χ0) is 12.2. The molecule has 0 radical (unpaired) electrons. The van der Waals surface area contributed by atoms with Gasteiger partial charge in [-0.3, -0.25) is 0 Å². The molecule has 0 saturated heterocycles. The fourth-order valence-corrected chi connectivity index (χ4v) is 1.38. The molecule has 16 heavy (non-hydrogen) atoms. The van der Waals surface area contributed by atoms with Crippen LogP contribution < -0.4 is 10.5 Å². The Bertz CT molecular complexity index is 388. The van der Waals surface area contributed by atoms with Gasteiger partial charge in [0, 0.05) is 12.0 Å². The molecule has 0 amide bonds. The van der Waals surface area contributed by atoms with Crippen LogP contribution in [0.15, 0.2) is 24.3 Å². The molecule has 0 aliphatic rings. The van der Waals surface area contributed by atoms with E-state index in [9.17, 15) is 0 Å². The Morgan fingerprint density at radius 2 is 2.12 bits per heavy atom. The molecule has 0 aromatic heterocycles. The van der Waals surface area contributed by atoms with Crippen molar-refractivity contribution >= 4 is 0 Å². The number of hydrogen-bond donors (Lipinski definition) is 1. The van der Waals surface area contributed by atoms with Crippen LogP contribution in [0.1, 0.15) is 26.3 Å². The minimum Gasteiger partial charge on any atom is -0.489 e. The van der Waals surface area contributed by atoms with Crippen molar-refractivity contribution in [2.45, 2.75) is 26.9 Å². The van der Waals surface area contributed by atoms with Crippen molar-refractivity contribution in [2.75, 3.05) is 6.54 Å². The summed E-state index contributed by atoms with van der Waals surface area (Å²) in [4.78, 5) is 0. The van der Waals surface area contributed by atoms with Crippen LogP contribution in [0, 0.1) is 16.7 Å². The highest BCUT2D eigenvalue weighted by atomic mass is 16.5. The predicted molar refractivity (Wildman–Crippen MR) is 64.1 cm³/mol. The van der Waals surface area contributed by atoms with E-state index in [0.717, 1.165) is 0 Å². The Balaban J connectivity index is 2.83. The molecule has 0 bridgehead atoms. The fraction of sp³-hybridized carbons (Fsp3) is 0.462. The summed E-state index contributed by atoms with van der Waals surface area (Å²) < 4.78 is 5.79. The lowest BCUT2D eigenvalue weighted by Crippen LogP contribution is -2.38. The van der Waals surface area contributed by atoms with Crippen LogP contribution in [-0.2, 0) is 0 Å². The number of rotatable bonds is 3. The second-order valence-corrected chi connectivity index (χ2v) is 4.85. The van der Waals surface area contributed by atoms with Gasteiger partial charge >= 0.3 is 0 Å². The maximum atomic E-state index is 8.78. The Morgan fingerprint density at radius 3 is 2.62 bits per heavy atom. The first kappa shape index (κ1) is 12.5. The third-order valence-electron chi connectivity index (χ3n) is 2.42. The van der Waals surface area contributed by atoms with E-state index in [-0.39, 0.29) is 11.5 Å². The van der Waals surface area contributed by atoms with Crippen molar-refractivity contribution in [3.05, 3.63) is 29.8 Å². The molecule has 1 aromatic rings. The molecule has 0 aliphatic carbocycles. The number of hydrogen-bond acceptors (Lipinski definition) is 3. The van der Waals surface area contributed by atoms with E-state index in [2.05, 4.69) is 26.8 Å². The van der Waals surface area contributed by atoms with Gasteiger partial charge in [0.05, 0.1) is 11.6 Å². The maximum absolute atomic E-state index is 8.78. The van der Waals surface area contributed by atoms with E-state index in [0.29, 0.717) is 17.9 Å². The first-order valence-corrected chi connectivity index (χ1v) is 5.34. The molecule has 86 valence electrons. The standard InChI is InChI=1S/C13H18N2O/c1-13(2,3)12(9-15)16-11-6-4-5-10(7-11)8-14/h4-7,12H,9,15H2,1-3H3. The van der Waals surface area contributed by atoms with Gasteiger partial charge in [-0.2, -0.15) is 5.26 Å². The van der Waals surface area contributed by atoms with Gasteiger partial charge in [-0.25, -0.2) is 0 Å². The van der Waals surface area contributed by atoms with Crippen LogP contribution >= 0.6 is 0 Å². The molecule has 0 aliphatic heterocycles. The van der Waals surface area contributed by atoms with Crippen molar-refractivity contribution in [3.8, 4) is 11.8 Å². The normalized spacial score (nSPS) is 12.9. The lowest BCUT2D eigenvalue weighted by molar-refractivity contribution is 0.0941. The monoisotopic (exact) mass is 218 g/mol. The predicted octanol–water partition coefficient (Wildman–Crippen LogP) is 2.31. The Hall–Kier alpha value is -1.53. The van der Waals surface area contributed by atoms with Crippen molar-refractivity contribution in [2.24, 2.45) is 11.1 Å². The van der Waals surface area contributed by atoms with Crippen molar-refractivity contribution < 1.29 is 4.74 Å². The first-order valence-electron chi connectivity index (χ1n) is 5.34. The Kier molecular flexibility index (Phi) is 3.92. The van der Waals surface area contributed by atoms with Crippen LogP contribution in [0.3, 0.4) is 0 Å². The van der Waals surface area contributed by atoms with E-state index in [1.807, 2.05) is 12.1 Å². The van der Waals surface area contributed by atoms with Crippen LogP contribution in [0.2, 0.25) is 0 Å². The van der Waals surface area contributed by atoms with Gasteiger partial charge in [-0.1, -0.05) is 26.8 Å². The minimum absolute atomic E-state index is 0.0165. The number of benzene rings is 1. The van der Waals surface area contributed by atoms with E-state index in [1.165, 1.54) is 0 Å². The van der Waals surface area contributed by atoms with E-state index < -0.39 is 0 Å². The van der Waals surface area contributed by atoms with Crippen LogP contribution in [-0.4, -0.2) is 12.6 Å². The van der Waals surface area contributed by atoms with Crippen molar-refractivity contribution in [1.82, 2.24) is 0 Å². The SMILES string of the molecule is CC(C)(C)C(CN)Oc1cccc(C#N)c1. The maximum Gasteiger partial charge on any atom is 0.121 e. The van der Waals surface area contributed by atoms with Gasteiger partial charge < -0.3 is 10.5 Å². The smallest absolute Gasteiger partial charge is 0.121 e. The summed E-state index contributed by atoms with van der Waals surface area (Å²) >= 11 is 0. The number of nitrogens with zero attached hydrogens (tertiary/aromatic N) is 1. The summed E-state index contributed by atoms with van der Waals surface area (Å²) in [6, 6.07) is 9.22. The van der Waals surface area contributed by atoms with Crippen LogP contribution in [0.4, 0.5) is 0 Å². The number of nitriles is 1. The summed E-state index contributed by atoms with van der Waals surface area (Å²) in [7, 11) is 0. The van der Waals surface area contributed by atoms with Gasteiger partial charge in [-0.05, 0) is 18.2 Å². The average molecular weight is 218 g/mol. The van der Waals surface area contributed by atoms with Gasteiger partial charge in [-0.15, -0.1) is 0 Å². The summed E-state index contributed by atoms with van der Waals surface area (Å²) in [5, 5.41) is 8.78. The molecule has 3 heteroatoms. The lowest BCUT2D eigenvalue weighted by Gasteiger charge is -2.30. The highest BCUT2D eigenvalue weighted by Crippen LogP contribution is 2.24.